The molecule has 0 radical (unpaired) electrons. The summed E-state index contributed by atoms with van der Waals surface area (Å²) >= 11 is 0. The Hall–Kier alpha value is -3.73. The highest BCUT2D eigenvalue weighted by Crippen LogP contribution is 2.21. The van der Waals surface area contributed by atoms with Crippen LogP contribution < -0.4 is 10.3 Å². The molecule has 8 nitrogen and oxygen atoms in total. The molecule has 1 aromatic carbocycles. The Morgan fingerprint density at radius 2 is 2.07 bits per heavy atom. The minimum Gasteiger partial charge on any atom is -0.464 e. The molecule has 1 saturated heterocycles. The van der Waals surface area contributed by atoms with E-state index in [2.05, 4.69) is 16.0 Å². The van der Waals surface area contributed by atoms with E-state index in [9.17, 15) is 14.9 Å². The molecule has 3 heterocycles. The highest BCUT2D eigenvalue weighted by molar-refractivity contribution is 5.97. The molecule has 8 heteroatoms. The van der Waals surface area contributed by atoms with Gasteiger partial charge >= 0.3 is 0 Å². The van der Waals surface area contributed by atoms with Crippen molar-refractivity contribution in [3.05, 3.63) is 64.4 Å². The van der Waals surface area contributed by atoms with Crippen molar-refractivity contribution in [3.63, 3.8) is 0 Å². The lowest BCUT2D eigenvalue weighted by Gasteiger charge is -2.40. The number of aromatic nitrogens is 2. The fourth-order valence-corrected chi connectivity index (χ4v) is 3.47. The summed E-state index contributed by atoms with van der Waals surface area (Å²) in [5.41, 5.74) is 1.00. The summed E-state index contributed by atoms with van der Waals surface area (Å²) in [6.07, 6.45) is 4.37. The van der Waals surface area contributed by atoms with E-state index in [0.717, 1.165) is 0 Å². The molecular formula is C20H17N5O3. The molecular weight excluding hydrogens is 358 g/mol. The Kier molecular flexibility index (Phi) is 4.49. The number of anilines is 1. The Balaban J connectivity index is 1.56. The van der Waals surface area contributed by atoms with E-state index < -0.39 is 0 Å². The van der Waals surface area contributed by atoms with Crippen molar-refractivity contribution >= 4 is 22.7 Å². The summed E-state index contributed by atoms with van der Waals surface area (Å²) in [4.78, 5) is 36.9. The molecule has 140 valence electrons. The third-order valence-electron chi connectivity index (χ3n) is 4.88. The van der Waals surface area contributed by atoms with Crippen LogP contribution in [0.1, 0.15) is 23.0 Å². The van der Waals surface area contributed by atoms with Crippen LogP contribution in [0.3, 0.4) is 0 Å². The summed E-state index contributed by atoms with van der Waals surface area (Å²) in [6.45, 7) is 3.53. The van der Waals surface area contributed by atoms with Crippen LogP contribution in [0.2, 0.25) is 0 Å². The zero-order valence-electron chi connectivity index (χ0n) is 15.2. The van der Waals surface area contributed by atoms with Gasteiger partial charge in [0.2, 0.25) is 0 Å². The highest BCUT2D eigenvalue weighted by Gasteiger charge is 2.30. The third kappa shape index (κ3) is 3.07. The minimum atomic E-state index is -0.139. The van der Waals surface area contributed by atoms with Crippen molar-refractivity contribution in [2.75, 3.05) is 24.5 Å². The lowest BCUT2D eigenvalue weighted by atomic mass is 10.1. The topological polar surface area (TPSA) is 103 Å². The van der Waals surface area contributed by atoms with Crippen molar-refractivity contribution in [2.24, 2.45) is 0 Å². The predicted octanol–water partition coefficient (Wildman–Crippen LogP) is 1.81. The van der Waals surface area contributed by atoms with Crippen LogP contribution in [-0.2, 0) is 0 Å². The number of rotatable bonds is 2. The van der Waals surface area contributed by atoms with Gasteiger partial charge in [0.25, 0.3) is 5.91 Å². The fraction of sp³-hybridized carbons (Fsp3) is 0.250. The molecule has 2 aromatic heterocycles. The average Bonchev–Trinajstić information content (AvgIpc) is 2.73. The second kappa shape index (κ2) is 7.12. The normalized spacial score (nSPS) is 16.8. The lowest BCUT2D eigenvalue weighted by Crippen LogP contribution is -2.54. The molecule has 4 rings (SSSR count). The standard InChI is InChI=1S/C20H17N5O3/c1-13-12-24(19-16(11-21)22-5-6-23-19)7-8-25(13)20(27)14-2-3-15-17(26)4-9-28-18(15)10-14/h2-6,9-10,13H,7-8,12H2,1H3. The van der Waals surface area contributed by atoms with E-state index in [1.807, 2.05) is 11.8 Å². The van der Waals surface area contributed by atoms with Gasteiger partial charge in [-0.15, -0.1) is 0 Å². The van der Waals surface area contributed by atoms with Crippen LogP contribution in [0.15, 0.2) is 52.1 Å². The number of hydrogen-bond acceptors (Lipinski definition) is 7. The van der Waals surface area contributed by atoms with Crippen molar-refractivity contribution in [1.29, 1.82) is 5.26 Å². The van der Waals surface area contributed by atoms with E-state index in [1.54, 1.807) is 29.3 Å². The summed E-state index contributed by atoms with van der Waals surface area (Å²) < 4.78 is 5.37. The first-order valence-electron chi connectivity index (χ1n) is 8.87. The smallest absolute Gasteiger partial charge is 0.254 e. The van der Waals surface area contributed by atoms with Gasteiger partial charge in [0.1, 0.15) is 11.7 Å². The van der Waals surface area contributed by atoms with E-state index >= 15 is 0 Å². The van der Waals surface area contributed by atoms with Crippen molar-refractivity contribution in [3.8, 4) is 6.07 Å². The van der Waals surface area contributed by atoms with Gasteiger partial charge in [-0.25, -0.2) is 9.97 Å². The third-order valence-corrected chi connectivity index (χ3v) is 4.88. The van der Waals surface area contributed by atoms with Gasteiger partial charge in [-0.3, -0.25) is 9.59 Å². The first-order valence-corrected chi connectivity index (χ1v) is 8.87. The number of piperazine rings is 1. The number of amides is 1. The molecule has 1 atom stereocenters. The van der Waals surface area contributed by atoms with Crippen LogP contribution in [0, 0.1) is 11.3 Å². The fourth-order valence-electron chi connectivity index (χ4n) is 3.47. The molecule has 1 fully saturated rings. The monoisotopic (exact) mass is 375 g/mol. The number of benzene rings is 1. The van der Waals surface area contributed by atoms with E-state index in [-0.39, 0.29) is 23.1 Å². The van der Waals surface area contributed by atoms with Crippen LogP contribution >= 0.6 is 0 Å². The van der Waals surface area contributed by atoms with E-state index in [4.69, 9.17) is 4.42 Å². The van der Waals surface area contributed by atoms with E-state index in [1.165, 1.54) is 18.5 Å². The highest BCUT2D eigenvalue weighted by atomic mass is 16.3. The molecule has 28 heavy (non-hydrogen) atoms. The van der Waals surface area contributed by atoms with Crippen molar-refractivity contribution in [2.45, 2.75) is 13.0 Å². The number of hydrogen-bond donors (Lipinski definition) is 0. The number of fused-ring (bicyclic) bond motifs is 1. The number of nitrogens with zero attached hydrogens (tertiary/aromatic N) is 5. The zero-order chi connectivity index (χ0) is 19.7. The molecule has 0 spiro atoms. The van der Waals surface area contributed by atoms with Gasteiger partial charge in [0.05, 0.1) is 11.6 Å². The maximum absolute atomic E-state index is 13.0. The molecule has 1 unspecified atom stereocenters. The molecule has 3 aromatic rings. The Morgan fingerprint density at radius 1 is 1.25 bits per heavy atom. The minimum absolute atomic E-state index is 0.0896. The van der Waals surface area contributed by atoms with Gasteiger partial charge in [-0.1, -0.05) is 0 Å². The number of nitriles is 1. The van der Waals surface area contributed by atoms with Crippen molar-refractivity contribution < 1.29 is 9.21 Å². The summed E-state index contributed by atoms with van der Waals surface area (Å²) in [5.74, 6) is 0.414. The van der Waals surface area contributed by atoms with Crippen LogP contribution in [0.25, 0.3) is 11.0 Å². The first kappa shape index (κ1) is 17.7. The SMILES string of the molecule is CC1CN(c2nccnc2C#N)CCN1C(=O)c1ccc2c(=O)ccoc2c1. The Morgan fingerprint density at radius 3 is 2.86 bits per heavy atom. The molecule has 0 bridgehead atoms. The molecule has 0 aliphatic carbocycles. The van der Waals surface area contributed by atoms with Crippen LogP contribution in [0.5, 0.6) is 0 Å². The first-order chi connectivity index (χ1) is 13.6. The summed E-state index contributed by atoms with van der Waals surface area (Å²) in [5, 5.41) is 9.68. The second-order valence-electron chi connectivity index (χ2n) is 6.63. The predicted molar refractivity (Wildman–Crippen MR) is 102 cm³/mol. The van der Waals surface area contributed by atoms with Gasteiger partial charge in [0, 0.05) is 49.7 Å². The van der Waals surface area contributed by atoms with Crippen LogP contribution in [-0.4, -0.2) is 46.5 Å². The quantitative estimate of drug-likeness (QED) is 0.673. The average molecular weight is 375 g/mol. The second-order valence-corrected chi connectivity index (χ2v) is 6.63. The lowest BCUT2D eigenvalue weighted by molar-refractivity contribution is 0.0673. The van der Waals surface area contributed by atoms with Gasteiger partial charge in [-0.05, 0) is 25.1 Å². The van der Waals surface area contributed by atoms with Gasteiger partial charge < -0.3 is 14.2 Å². The molecule has 1 aliphatic heterocycles. The summed E-state index contributed by atoms with van der Waals surface area (Å²) in [6, 6.07) is 8.20. The molecule has 1 aliphatic rings. The number of carbonyl (C=O) groups excluding carboxylic acids is 1. The number of carbonyl (C=O) groups is 1. The zero-order valence-corrected chi connectivity index (χ0v) is 15.2. The van der Waals surface area contributed by atoms with Crippen molar-refractivity contribution in [1.82, 2.24) is 14.9 Å². The van der Waals surface area contributed by atoms with Gasteiger partial charge in [0.15, 0.2) is 16.9 Å². The Bertz CT molecular complexity index is 1150. The van der Waals surface area contributed by atoms with Gasteiger partial charge in [-0.2, -0.15) is 5.26 Å². The maximum atomic E-state index is 13.0. The van der Waals surface area contributed by atoms with Crippen LogP contribution in [0.4, 0.5) is 5.82 Å². The molecule has 1 amide bonds. The maximum Gasteiger partial charge on any atom is 0.254 e. The Labute approximate surface area is 160 Å². The summed E-state index contributed by atoms with van der Waals surface area (Å²) in [7, 11) is 0. The van der Waals surface area contributed by atoms with E-state index in [0.29, 0.717) is 42.0 Å². The molecule has 0 N–H and O–H groups in total. The largest absolute Gasteiger partial charge is 0.464 e. The molecule has 0 saturated carbocycles.